The van der Waals surface area contributed by atoms with Gasteiger partial charge in [0.05, 0.1) is 18.5 Å². The fraction of sp³-hybridized carbons (Fsp3) is 0.700. The summed E-state index contributed by atoms with van der Waals surface area (Å²) in [6, 6.07) is 4.47. The number of likely N-dealkylation sites (tertiary alicyclic amines) is 1. The first kappa shape index (κ1) is 19.0. The molecule has 2 aliphatic rings. The number of hydrogen-bond acceptors (Lipinski definition) is 5. The molecule has 0 aromatic carbocycles. The van der Waals surface area contributed by atoms with Gasteiger partial charge in [0.1, 0.15) is 11.9 Å². The zero-order valence-corrected chi connectivity index (χ0v) is 16.3. The van der Waals surface area contributed by atoms with E-state index in [9.17, 15) is 4.79 Å². The maximum Gasteiger partial charge on any atom is 0.251 e. The third-order valence-electron chi connectivity index (χ3n) is 5.24. The lowest BCUT2D eigenvalue weighted by Gasteiger charge is -2.24. The highest BCUT2D eigenvalue weighted by molar-refractivity contribution is 5.80. The average Bonchev–Trinajstić information content (AvgIpc) is 3.47. The van der Waals surface area contributed by atoms with Crippen molar-refractivity contribution in [1.29, 1.82) is 0 Å². The van der Waals surface area contributed by atoms with Gasteiger partial charge in [0, 0.05) is 33.2 Å². The van der Waals surface area contributed by atoms with Crippen molar-refractivity contribution < 1.29 is 9.53 Å². The summed E-state index contributed by atoms with van der Waals surface area (Å²) >= 11 is 0. The normalized spacial score (nSPS) is 21.8. The summed E-state index contributed by atoms with van der Waals surface area (Å²) in [6.07, 6.45) is 7.11. The minimum absolute atomic E-state index is 0.142. The van der Waals surface area contributed by atoms with Crippen LogP contribution < -0.4 is 10.2 Å². The second kappa shape index (κ2) is 8.71. The van der Waals surface area contributed by atoms with Crippen LogP contribution in [0.25, 0.3) is 0 Å². The molecule has 1 aliphatic carbocycles. The van der Waals surface area contributed by atoms with E-state index in [4.69, 9.17) is 4.74 Å². The Morgan fingerprint density at radius 1 is 1.31 bits per heavy atom. The summed E-state index contributed by atoms with van der Waals surface area (Å²) in [7, 11) is 3.98. The van der Waals surface area contributed by atoms with Crippen LogP contribution in [-0.4, -0.2) is 61.7 Å². The van der Waals surface area contributed by atoms with Gasteiger partial charge in [-0.1, -0.05) is 0 Å². The summed E-state index contributed by atoms with van der Waals surface area (Å²) in [4.78, 5) is 21.0. The van der Waals surface area contributed by atoms with Crippen LogP contribution in [-0.2, 0) is 9.53 Å². The highest BCUT2D eigenvalue weighted by Gasteiger charge is 2.27. The first-order valence-corrected chi connectivity index (χ1v) is 9.83. The van der Waals surface area contributed by atoms with Gasteiger partial charge in [0.2, 0.25) is 0 Å². The predicted octanol–water partition coefficient (Wildman–Crippen LogP) is 2.76. The molecule has 1 saturated carbocycles. The number of hydrogen-bond donors (Lipinski definition) is 1. The Kier molecular flexibility index (Phi) is 6.35. The van der Waals surface area contributed by atoms with Crippen LogP contribution in [0, 0.1) is 5.92 Å². The molecule has 0 bridgehead atoms. The second-order valence-electron chi connectivity index (χ2n) is 7.82. The van der Waals surface area contributed by atoms with E-state index in [1.807, 2.05) is 43.1 Å². The molecular weight excluding hydrogens is 328 g/mol. The lowest BCUT2D eigenvalue weighted by molar-refractivity contribution is -0.142. The van der Waals surface area contributed by atoms with Gasteiger partial charge in [-0.3, -0.25) is 4.79 Å². The smallest absolute Gasteiger partial charge is 0.251 e. The van der Waals surface area contributed by atoms with Crippen LogP contribution in [0.4, 0.5) is 11.5 Å². The van der Waals surface area contributed by atoms with E-state index >= 15 is 0 Å². The van der Waals surface area contributed by atoms with Gasteiger partial charge in [-0.15, -0.1) is 0 Å². The molecule has 1 aromatic rings. The third-order valence-corrected chi connectivity index (χ3v) is 5.24. The number of nitrogens with zero attached hydrogens (tertiary/aromatic N) is 3. The van der Waals surface area contributed by atoms with E-state index in [0.717, 1.165) is 50.5 Å². The fourth-order valence-electron chi connectivity index (χ4n) is 3.33. The zero-order chi connectivity index (χ0) is 18.5. The van der Waals surface area contributed by atoms with E-state index in [1.54, 1.807) is 0 Å². The van der Waals surface area contributed by atoms with Crippen molar-refractivity contribution in [2.24, 2.45) is 5.92 Å². The first-order chi connectivity index (χ1) is 12.5. The quantitative estimate of drug-likeness (QED) is 0.810. The number of aromatic nitrogens is 1. The summed E-state index contributed by atoms with van der Waals surface area (Å²) in [5.41, 5.74) is 1.04. The molecule has 6 nitrogen and oxygen atoms in total. The largest absolute Gasteiger partial charge is 0.381 e. The molecule has 3 rings (SSSR count). The van der Waals surface area contributed by atoms with E-state index in [0.29, 0.717) is 12.0 Å². The third kappa shape index (κ3) is 5.34. The van der Waals surface area contributed by atoms with E-state index in [2.05, 4.69) is 16.4 Å². The van der Waals surface area contributed by atoms with Crippen molar-refractivity contribution in [3.05, 3.63) is 18.3 Å². The van der Waals surface area contributed by atoms with Crippen LogP contribution in [0.2, 0.25) is 0 Å². The number of nitrogens with one attached hydrogen (secondary N) is 1. The Morgan fingerprint density at radius 3 is 2.77 bits per heavy atom. The van der Waals surface area contributed by atoms with Crippen LogP contribution in [0.15, 0.2) is 18.3 Å². The Bertz CT molecular complexity index is 586. The molecule has 6 heteroatoms. The van der Waals surface area contributed by atoms with Crippen molar-refractivity contribution in [3.8, 4) is 0 Å². The predicted molar refractivity (Wildman–Crippen MR) is 105 cm³/mol. The monoisotopic (exact) mass is 360 g/mol. The maximum atomic E-state index is 12.6. The van der Waals surface area contributed by atoms with Crippen LogP contribution >= 0.6 is 0 Å². The van der Waals surface area contributed by atoms with Gasteiger partial charge >= 0.3 is 0 Å². The zero-order valence-electron chi connectivity index (χ0n) is 16.3. The van der Waals surface area contributed by atoms with Crippen molar-refractivity contribution >= 4 is 17.4 Å². The molecule has 1 N–H and O–H groups in total. The minimum Gasteiger partial charge on any atom is -0.381 e. The summed E-state index contributed by atoms with van der Waals surface area (Å²) in [5.74, 6) is 1.78. The lowest BCUT2D eigenvalue weighted by atomic mass is 10.1. The second-order valence-corrected chi connectivity index (χ2v) is 7.82. The Hall–Kier alpha value is -1.82. The Morgan fingerprint density at radius 2 is 2.12 bits per heavy atom. The summed E-state index contributed by atoms with van der Waals surface area (Å²) in [5, 5.41) is 3.57. The molecule has 2 fully saturated rings. The number of ether oxygens (including phenoxy) is 1. The molecule has 0 unspecified atom stereocenters. The van der Waals surface area contributed by atoms with Gasteiger partial charge < -0.3 is 19.9 Å². The van der Waals surface area contributed by atoms with Crippen LogP contribution in [0.3, 0.4) is 0 Å². The molecule has 1 aliphatic heterocycles. The summed E-state index contributed by atoms with van der Waals surface area (Å²) < 4.78 is 5.76. The molecule has 144 valence electrons. The first-order valence-electron chi connectivity index (χ1n) is 9.83. The molecule has 2 heterocycles. The Labute approximate surface area is 156 Å². The number of amides is 1. The number of anilines is 2. The van der Waals surface area contributed by atoms with E-state index in [-0.39, 0.29) is 12.0 Å². The minimum atomic E-state index is -0.317. The van der Waals surface area contributed by atoms with Crippen molar-refractivity contribution in [3.63, 3.8) is 0 Å². The van der Waals surface area contributed by atoms with Crippen LogP contribution in [0.5, 0.6) is 0 Å². The van der Waals surface area contributed by atoms with Gasteiger partial charge in [0.25, 0.3) is 5.91 Å². The maximum absolute atomic E-state index is 12.6. The van der Waals surface area contributed by atoms with Gasteiger partial charge in [-0.2, -0.15) is 0 Å². The van der Waals surface area contributed by atoms with Crippen molar-refractivity contribution in [1.82, 2.24) is 9.88 Å². The number of rotatable bonds is 7. The van der Waals surface area contributed by atoms with E-state index in [1.165, 1.54) is 12.8 Å². The molecule has 1 saturated heterocycles. The Balaban J connectivity index is 1.46. The van der Waals surface area contributed by atoms with Gasteiger partial charge in [-0.05, 0) is 57.1 Å². The molecule has 1 aromatic heterocycles. The highest BCUT2D eigenvalue weighted by atomic mass is 16.5. The molecule has 0 radical (unpaired) electrons. The number of carbonyl (C=O) groups excluding carboxylic acids is 1. The highest BCUT2D eigenvalue weighted by Crippen LogP contribution is 2.29. The van der Waals surface area contributed by atoms with Gasteiger partial charge in [0.15, 0.2) is 0 Å². The molecular formula is C20H32N4O2. The lowest BCUT2D eigenvalue weighted by Crippen LogP contribution is -2.40. The molecule has 0 spiro atoms. The molecule has 26 heavy (non-hydrogen) atoms. The number of carbonyl (C=O) groups is 1. The van der Waals surface area contributed by atoms with E-state index < -0.39 is 0 Å². The molecule has 1 amide bonds. The van der Waals surface area contributed by atoms with Crippen molar-refractivity contribution in [2.75, 3.05) is 44.0 Å². The fourth-order valence-corrected chi connectivity index (χ4v) is 3.33. The average molecular weight is 361 g/mol. The topological polar surface area (TPSA) is 57.7 Å². The van der Waals surface area contributed by atoms with Gasteiger partial charge in [-0.25, -0.2) is 4.98 Å². The van der Waals surface area contributed by atoms with Crippen molar-refractivity contribution in [2.45, 2.75) is 51.2 Å². The number of pyridine rings is 1. The van der Waals surface area contributed by atoms with Crippen LogP contribution in [0.1, 0.15) is 39.0 Å². The summed E-state index contributed by atoms with van der Waals surface area (Å²) in [6.45, 7) is 4.24. The molecule has 2 atom stereocenters. The SMILES string of the molecule is C[C@H](OCC1CC1)C(=O)N1CCC[C@@H](Nc2ccc(N(C)C)nc2)CC1. The standard InChI is InChI=1S/C20H32N4O2/c1-15(26-14-16-6-7-16)20(25)24-11-4-5-17(10-12-24)22-18-8-9-19(21-13-18)23(2)3/h8-9,13,15-17,22H,4-7,10-12,14H2,1-3H3/t15-,17+/m0/s1.